The van der Waals surface area contributed by atoms with Crippen LogP contribution in [0.25, 0.3) is 0 Å². The van der Waals surface area contributed by atoms with Crippen LogP contribution in [0.5, 0.6) is 0 Å². The summed E-state index contributed by atoms with van der Waals surface area (Å²) in [6, 6.07) is 0. The molecule has 0 radical (unpaired) electrons. The van der Waals surface area contributed by atoms with Gasteiger partial charge in [-0.15, -0.1) is 6.58 Å². The van der Waals surface area contributed by atoms with Gasteiger partial charge in [0.15, 0.2) is 5.78 Å². The van der Waals surface area contributed by atoms with E-state index < -0.39 is 17.3 Å². The highest BCUT2D eigenvalue weighted by Gasteiger charge is 2.47. The first-order valence-electron chi connectivity index (χ1n) is 7.48. The molecular weight excluding hydrogens is 282 g/mol. The quantitative estimate of drug-likeness (QED) is 0.604. The minimum absolute atomic E-state index is 0.179. The van der Waals surface area contributed by atoms with Crippen molar-refractivity contribution >= 4 is 17.5 Å². The minimum atomic E-state index is -0.851. The Bertz CT molecular complexity index is 529. The zero-order chi connectivity index (χ0) is 16.9. The standard InChI is InChI=1S/C17H25NO4/c1-6-8-12(19)13-11(18-9-7-2)10-17(3,4)14(15(13)20)16(21)22-5/h7,14,20H,2,6,8-10H2,1,3-5H3/t14-/m0/s1. The fourth-order valence-corrected chi connectivity index (χ4v) is 2.80. The molecule has 0 saturated carbocycles. The number of allylic oxidation sites excluding steroid dienone is 1. The summed E-state index contributed by atoms with van der Waals surface area (Å²) in [6.07, 6.45) is 3.03. The molecule has 0 fully saturated rings. The summed E-state index contributed by atoms with van der Waals surface area (Å²) in [6.45, 7) is 9.59. The highest BCUT2D eigenvalue weighted by atomic mass is 16.5. The summed E-state index contributed by atoms with van der Waals surface area (Å²) in [5, 5.41) is 10.6. The van der Waals surface area contributed by atoms with Gasteiger partial charge in [0, 0.05) is 12.1 Å². The number of aliphatic imine (C=N–C) groups is 1. The molecule has 0 amide bonds. The fraction of sp³-hybridized carbons (Fsp3) is 0.588. The Morgan fingerprint density at radius 3 is 2.64 bits per heavy atom. The maximum atomic E-state index is 12.4. The second kappa shape index (κ2) is 7.38. The van der Waals surface area contributed by atoms with E-state index in [-0.39, 0.29) is 17.1 Å². The number of hydrogen-bond acceptors (Lipinski definition) is 5. The molecule has 1 rings (SSSR count). The Balaban J connectivity index is 3.45. The van der Waals surface area contributed by atoms with Gasteiger partial charge < -0.3 is 9.84 Å². The average Bonchev–Trinajstić information content (AvgIpc) is 2.43. The molecule has 0 unspecified atom stereocenters. The van der Waals surface area contributed by atoms with Crippen LogP contribution in [-0.2, 0) is 14.3 Å². The predicted octanol–water partition coefficient (Wildman–Crippen LogP) is 3.01. The smallest absolute Gasteiger partial charge is 0.316 e. The number of nitrogens with zero attached hydrogens (tertiary/aromatic N) is 1. The zero-order valence-corrected chi connectivity index (χ0v) is 13.8. The SMILES string of the molecule is C=CCN=C1CC(C)(C)[C@H](C(=O)OC)C(O)=C1C(=O)CCC. The molecule has 1 N–H and O–H groups in total. The van der Waals surface area contributed by atoms with Crippen LogP contribution in [0.3, 0.4) is 0 Å². The number of ether oxygens (including phenoxy) is 1. The summed E-state index contributed by atoms with van der Waals surface area (Å²) >= 11 is 0. The number of aliphatic hydroxyl groups excluding tert-OH is 1. The van der Waals surface area contributed by atoms with E-state index in [1.807, 2.05) is 20.8 Å². The summed E-state index contributed by atoms with van der Waals surface area (Å²) < 4.78 is 4.80. The lowest BCUT2D eigenvalue weighted by atomic mass is 9.67. The lowest BCUT2D eigenvalue weighted by molar-refractivity contribution is -0.149. The second-order valence-electron chi connectivity index (χ2n) is 6.13. The first-order valence-corrected chi connectivity index (χ1v) is 7.48. The van der Waals surface area contributed by atoms with Gasteiger partial charge in [-0.3, -0.25) is 14.6 Å². The van der Waals surface area contributed by atoms with E-state index in [4.69, 9.17) is 4.74 Å². The third-order valence-electron chi connectivity index (χ3n) is 3.83. The van der Waals surface area contributed by atoms with Crippen molar-refractivity contribution in [1.82, 2.24) is 0 Å². The third-order valence-corrected chi connectivity index (χ3v) is 3.83. The molecule has 0 heterocycles. The minimum Gasteiger partial charge on any atom is -0.511 e. The Morgan fingerprint density at radius 2 is 2.14 bits per heavy atom. The van der Waals surface area contributed by atoms with Crippen LogP contribution in [0, 0.1) is 11.3 Å². The number of methoxy groups -OCH3 is 1. The Morgan fingerprint density at radius 1 is 1.50 bits per heavy atom. The summed E-state index contributed by atoms with van der Waals surface area (Å²) in [4.78, 5) is 28.8. The van der Waals surface area contributed by atoms with E-state index in [9.17, 15) is 14.7 Å². The van der Waals surface area contributed by atoms with Gasteiger partial charge in [-0.1, -0.05) is 26.8 Å². The van der Waals surface area contributed by atoms with Crippen molar-refractivity contribution in [3.63, 3.8) is 0 Å². The average molecular weight is 307 g/mol. The van der Waals surface area contributed by atoms with Crippen molar-refractivity contribution in [3.8, 4) is 0 Å². The highest BCUT2D eigenvalue weighted by molar-refractivity contribution is 6.24. The molecule has 1 aliphatic carbocycles. The largest absolute Gasteiger partial charge is 0.511 e. The maximum absolute atomic E-state index is 12.4. The molecule has 1 aliphatic rings. The first-order chi connectivity index (χ1) is 10.3. The lowest BCUT2D eigenvalue weighted by Gasteiger charge is -2.37. The van der Waals surface area contributed by atoms with Gasteiger partial charge in [0.1, 0.15) is 11.7 Å². The van der Waals surface area contributed by atoms with E-state index in [1.165, 1.54) is 7.11 Å². The Hall–Kier alpha value is -1.91. The van der Waals surface area contributed by atoms with Crippen molar-refractivity contribution in [2.24, 2.45) is 16.3 Å². The fourth-order valence-electron chi connectivity index (χ4n) is 2.80. The van der Waals surface area contributed by atoms with Crippen LogP contribution in [0.1, 0.15) is 40.0 Å². The maximum Gasteiger partial charge on any atom is 0.316 e. The number of rotatable bonds is 6. The molecule has 5 heteroatoms. The highest BCUT2D eigenvalue weighted by Crippen LogP contribution is 2.43. The van der Waals surface area contributed by atoms with Gasteiger partial charge in [-0.05, 0) is 18.3 Å². The van der Waals surface area contributed by atoms with Gasteiger partial charge >= 0.3 is 5.97 Å². The normalized spacial score (nSPS) is 22.5. The third kappa shape index (κ3) is 3.64. The second-order valence-corrected chi connectivity index (χ2v) is 6.13. The van der Waals surface area contributed by atoms with Gasteiger partial charge in [0.05, 0.1) is 19.2 Å². The monoisotopic (exact) mass is 307 g/mol. The Kier molecular flexibility index (Phi) is 6.09. The molecule has 0 aromatic rings. The van der Waals surface area contributed by atoms with E-state index in [2.05, 4.69) is 11.6 Å². The number of carbonyl (C=O) groups excluding carboxylic acids is 2. The van der Waals surface area contributed by atoms with Crippen LogP contribution in [0.4, 0.5) is 0 Å². The van der Waals surface area contributed by atoms with Gasteiger partial charge in [-0.25, -0.2) is 0 Å². The molecule has 1 atom stereocenters. The zero-order valence-electron chi connectivity index (χ0n) is 13.8. The number of ketones is 1. The van der Waals surface area contributed by atoms with Gasteiger partial charge in [-0.2, -0.15) is 0 Å². The molecule has 0 saturated heterocycles. The van der Waals surface area contributed by atoms with Crippen molar-refractivity contribution in [1.29, 1.82) is 0 Å². The number of Topliss-reactive ketones (excluding diaryl/α,β-unsaturated/α-hetero) is 1. The summed E-state index contributed by atoms with van der Waals surface area (Å²) in [7, 11) is 1.28. The molecule has 122 valence electrons. The lowest BCUT2D eigenvalue weighted by Crippen LogP contribution is -2.42. The van der Waals surface area contributed by atoms with Gasteiger partial charge in [0.25, 0.3) is 0 Å². The molecule has 0 aromatic heterocycles. The van der Waals surface area contributed by atoms with Crippen molar-refractivity contribution in [2.45, 2.75) is 40.0 Å². The van der Waals surface area contributed by atoms with Crippen LogP contribution in [0.2, 0.25) is 0 Å². The topological polar surface area (TPSA) is 76.0 Å². The van der Waals surface area contributed by atoms with Crippen LogP contribution < -0.4 is 0 Å². The number of carbonyl (C=O) groups is 2. The van der Waals surface area contributed by atoms with Crippen LogP contribution in [0.15, 0.2) is 29.0 Å². The predicted molar refractivity (Wildman–Crippen MR) is 86.0 cm³/mol. The molecule has 0 aromatic carbocycles. The van der Waals surface area contributed by atoms with E-state index >= 15 is 0 Å². The van der Waals surface area contributed by atoms with Crippen LogP contribution >= 0.6 is 0 Å². The van der Waals surface area contributed by atoms with E-state index in [0.717, 1.165) is 0 Å². The molecular formula is C17H25NO4. The Labute approximate surface area is 131 Å². The van der Waals surface area contributed by atoms with E-state index in [1.54, 1.807) is 6.08 Å². The number of aliphatic hydroxyl groups is 1. The van der Waals surface area contributed by atoms with Crippen molar-refractivity contribution in [2.75, 3.05) is 13.7 Å². The number of esters is 1. The molecule has 22 heavy (non-hydrogen) atoms. The molecule has 0 bridgehead atoms. The molecule has 5 nitrogen and oxygen atoms in total. The van der Waals surface area contributed by atoms with E-state index in [0.29, 0.717) is 31.5 Å². The van der Waals surface area contributed by atoms with Crippen molar-refractivity contribution in [3.05, 3.63) is 24.0 Å². The first kappa shape index (κ1) is 18.1. The molecule has 0 aliphatic heterocycles. The van der Waals surface area contributed by atoms with Crippen LogP contribution in [-0.4, -0.2) is 36.2 Å². The number of hydrogen-bond donors (Lipinski definition) is 1. The van der Waals surface area contributed by atoms with Gasteiger partial charge in [0.2, 0.25) is 0 Å². The summed E-state index contributed by atoms with van der Waals surface area (Å²) in [5.41, 5.74) is 0.145. The van der Waals surface area contributed by atoms with Crippen molar-refractivity contribution < 1.29 is 19.4 Å². The summed E-state index contributed by atoms with van der Waals surface area (Å²) in [5.74, 6) is -1.79. The molecule has 0 spiro atoms.